The molecule has 0 bridgehead atoms. The highest BCUT2D eigenvalue weighted by Gasteiger charge is 2.36. The Morgan fingerprint density at radius 1 is 1.06 bits per heavy atom. The summed E-state index contributed by atoms with van der Waals surface area (Å²) >= 11 is 1.65. The van der Waals surface area contributed by atoms with Crippen LogP contribution in [0.3, 0.4) is 0 Å². The van der Waals surface area contributed by atoms with E-state index in [2.05, 4.69) is 33.0 Å². The first kappa shape index (κ1) is 21.1. The van der Waals surface area contributed by atoms with E-state index < -0.39 is 11.8 Å². The Kier molecular flexibility index (Phi) is 5.33. The zero-order chi connectivity index (χ0) is 23.1. The fourth-order valence-electron chi connectivity index (χ4n) is 4.49. The number of carbonyl (C=O) groups is 2. The highest BCUT2D eigenvalue weighted by Crippen LogP contribution is 2.44. The molecule has 1 N–H and O–H groups in total. The third kappa shape index (κ3) is 3.54. The van der Waals surface area contributed by atoms with Crippen LogP contribution in [0.15, 0.2) is 60.2 Å². The third-order valence-corrected chi connectivity index (χ3v) is 7.03. The van der Waals surface area contributed by atoms with E-state index in [4.69, 9.17) is 0 Å². The zero-order valence-electron chi connectivity index (χ0n) is 18.4. The van der Waals surface area contributed by atoms with Crippen molar-refractivity contribution in [3.05, 3.63) is 65.7 Å². The molecule has 2 aromatic heterocycles. The number of nitrogens with zero attached hydrogens (tertiary/aromatic N) is 3. The van der Waals surface area contributed by atoms with Crippen molar-refractivity contribution >= 4 is 49.7 Å². The Morgan fingerprint density at radius 2 is 1.82 bits per heavy atom. The van der Waals surface area contributed by atoms with Gasteiger partial charge in [0.15, 0.2) is 0 Å². The van der Waals surface area contributed by atoms with Crippen molar-refractivity contribution < 1.29 is 9.59 Å². The number of benzene rings is 2. The molecule has 2 amide bonds. The third-order valence-electron chi connectivity index (χ3n) is 5.91. The van der Waals surface area contributed by atoms with Crippen LogP contribution in [0, 0.1) is 11.3 Å². The molecule has 0 radical (unpaired) electrons. The number of imide groups is 1. The summed E-state index contributed by atoms with van der Waals surface area (Å²) in [4.78, 5) is 28.4. The maximum absolute atomic E-state index is 12.9. The van der Waals surface area contributed by atoms with Gasteiger partial charge in [-0.15, -0.1) is 11.3 Å². The second kappa shape index (κ2) is 8.32. The van der Waals surface area contributed by atoms with Crippen molar-refractivity contribution in [3.8, 4) is 16.6 Å². The average Bonchev–Trinajstić information content (AvgIpc) is 3.44. The van der Waals surface area contributed by atoms with Crippen molar-refractivity contribution in [2.75, 3.05) is 20.6 Å². The monoisotopic (exact) mass is 454 g/mol. The predicted octanol–water partition coefficient (Wildman–Crippen LogP) is 4.41. The molecule has 6 nitrogen and oxygen atoms in total. The van der Waals surface area contributed by atoms with Gasteiger partial charge in [-0.1, -0.05) is 36.4 Å². The van der Waals surface area contributed by atoms with Crippen LogP contribution in [-0.2, 0) is 16.1 Å². The number of aryl methyl sites for hydroxylation is 1. The maximum Gasteiger partial charge on any atom is 0.269 e. The molecule has 0 saturated carbocycles. The van der Waals surface area contributed by atoms with Crippen molar-refractivity contribution in [1.82, 2.24) is 14.8 Å². The van der Waals surface area contributed by atoms with Crippen LogP contribution in [0.25, 0.3) is 37.1 Å². The second-order valence-electron chi connectivity index (χ2n) is 8.34. The van der Waals surface area contributed by atoms with Gasteiger partial charge in [-0.3, -0.25) is 14.9 Å². The molecule has 4 aromatic rings. The quantitative estimate of drug-likeness (QED) is 0.438. The van der Waals surface area contributed by atoms with E-state index >= 15 is 0 Å². The highest BCUT2D eigenvalue weighted by atomic mass is 32.1. The molecule has 0 saturated heterocycles. The minimum Gasteiger partial charge on any atom is -0.339 e. The molecule has 0 spiro atoms. The minimum atomic E-state index is -0.635. The number of hydrogen-bond donors (Lipinski definition) is 1. The van der Waals surface area contributed by atoms with Crippen LogP contribution in [0.5, 0.6) is 0 Å². The number of nitriles is 1. The van der Waals surface area contributed by atoms with Crippen molar-refractivity contribution in [1.29, 1.82) is 5.26 Å². The number of aromatic nitrogens is 1. The first-order valence-corrected chi connectivity index (χ1v) is 11.6. The lowest BCUT2D eigenvalue weighted by Gasteiger charge is -2.14. The number of nitrogens with one attached hydrogen (secondary N) is 1. The van der Waals surface area contributed by atoms with Gasteiger partial charge in [-0.2, -0.15) is 5.26 Å². The van der Waals surface area contributed by atoms with Crippen molar-refractivity contribution in [3.63, 3.8) is 0 Å². The molecule has 2 aromatic carbocycles. The lowest BCUT2D eigenvalue weighted by Crippen LogP contribution is -2.22. The lowest BCUT2D eigenvalue weighted by atomic mass is 9.98. The van der Waals surface area contributed by atoms with Gasteiger partial charge in [-0.25, -0.2) is 0 Å². The molecule has 1 aliphatic heterocycles. The van der Waals surface area contributed by atoms with E-state index in [-0.39, 0.29) is 11.1 Å². The predicted molar refractivity (Wildman–Crippen MR) is 132 cm³/mol. The molecule has 164 valence electrons. The molecule has 0 fully saturated rings. The first-order valence-electron chi connectivity index (χ1n) is 10.7. The van der Waals surface area contributed by atoms with E-state index in [1.165, 1.54) is 0 Å². The first-order chi connectivity index (χ1) is 16.0. The topological polar surface area (TPSA) is 78.1 Å². The van der Waals surface area contributed by atoms with Gasteiger partial charge >= 0.3 is 0 Å². The second-order valence-corrected chi connectivity index (χ2v) is 9.43. The molecular formula is C26H22N4O2S. The van der Waals surface area contributed by atoms with Crippen LogP contribution in [0.2, 0.25) is 0 Å². The standard InChI is InChI=1S/C26H22N4O2S/c1-29(2)12-7-13-30-19-10-5-4-9-17(19)22(23-18(15-27)25(31)28-26(23)32)24(30)21-14-16-8-3-6-11-20(16)33-21/h3-6,8-11,14H,7,12-13H2,1-2H3,(H,28,31,32). The van der Waals surface area contributed by atoms with E-state index in [0.29, 0.717) is 5.56 Å². The molecule has 7 heteroatoms. The van der Waals surface area contributed by atoms with Gasteiger partial charge in [0.2, 0.25) is 0 Å². The number of amides is 2. The molecule has 3 heterocycles. The summed E-state index contributed by atoms with van der Waals surface area (Å²) in [5.74, 6) is -1.15. The SMILES string of the molecule is CN(C)CCCn1c(-c2cc3ccccc3s2)c(C2=C(C#N)C(=O)NC2=O)c2ccccc21. The Labute approximate surface area is 195 Å². The van der Waals surface area contributed by atoms with Gasteiger partial charge in [-0.05, 0) is 50.6 Å². The minimum absolute atomic E-state index is 0.126. The fourth-order valence-corrected chi connectivity index (χ4v) is 5.61. The molecule has 1 aliphatic rings. The Balaban J connectivity index is 1.85. The lowest BCUT2D eigenvalue weighted by molar-refractivity contribution is -0.123. The average molecular weight is 455 g/mol. The Bertz CT molecular complexity index is 1470. The van der Waals surface area contributed by atoms with Gasteiger partial charge in [0.1, 0.15) is 11.6 Å². The van der Waals surface area contributed by atoms with Crippen LogP contribution in [0.4, 0.5) is 0 Å². The van der Waals surface area contributed by atoms with Crippen molar-refractivity contribution in [2.24, 2.45) is 0 Å². The Morgan fingerprint density at radius 3 is 2.58 bits per heavy atom. The van der Waals surface area contributed by atoms with Crippen LogP contribution < -0.4 is 5.32 Å². The number of para-hydroxylation sites is 1. The number of rotatable bonds is 6. The largest absolute Gasteiger partial charge is 0.339 e. The maximum atomic E-state index is 12.9. The van der Waals surface area contributed by atoms with E-state index in [1.807, 2.05) is 56.6 Å². The summed E-state index contributed by atoms with van der Waals surface area (Å²) in [5.41, 5.74) is 2.55. The normalized spacial score (nSPS) is 14.0. The number of carbonyl (C=O) groups excluding carboxylic acids is 2. The van der Waals surface area contributed by atoms with E-state index in [9.17, 15) is 14.9 Å². The zero-order valence-corrected chi connectivity index (χ0v) is 19.2. The van der Waals surface area contributed by atoms with Crippen LogP contribution in [-0.4, -0.2) is 41.9 Å². The van der Waals surface area contributed by atoms with Gasteiger partial charge in [0.05, 0.1) is 16.1 Å². The molecule has 5 rings (SSSR count). The molecule has 0 aliphatic carbocycles. The summed E-state index contributed by atoms with van der Waals surface area (Å²) < 4.78 is 3.38. The Hall–Kier alpha value is -3.73. The molecule has 33 heavy (non-hydrogen) atoms. The smallest absolute Gasteiger partial charge is 0.269 e. The summed E-state index contributed by atoms with van der Waals surface area (Å²) in [6.07, 6.45) is 0.915. The van der Waals surface area contributed by atoms with Gasteiger partial charge < -0.3 is 9.47 Å². The van der Waals surface area contributed by atoms with E-state index in [1.54, 1.807) is 11.3 Å². The van der Waals surface area contributed by atoms with Gasteiger partial charge in [0.25, 0.3) is 11.8 Å². The molecular weight excluding hydrogens is 432 g/mol. The summed E-state index contributed by atoms with van der Waals surface area (Å²) in [5, 5.41) is 14.0. The van der Waals surface area contributed by atoms with E-state index in [0.717, 1.165) is 51.1 Å². The summed E-state index contributed by atoms with van der Waals surface area (Å²) in [6.45, 7) is 1.66. The van der Waals surface area contributed by atoms with Gasteiger partial charge in [0, 0.05) is 27.7 Å². The highest BCUT2D eigenvalue weighted by molar-refractivity contribution is 7.22. The molecule has 0 unspecified atom stereocenters. The molecule has 0 atom stereocenters. The fraction of sp³-hybridized carbons (Fsp3) is 0.192. The number of hydrogen-bond acceptors (Lipinski definition) is 5. The summed E-state index contributed by atoms with van der Waals surface area (Å²) in [6, 6.07) is 20.1. The van der Waals surface area contributed by atoms with Crippen LogP contribution >= 0.6 is 11.3 Å². The van der Waals surface area contributed by atoms with Crippen LogP contribution in [0.1, 0.15) is 12.0 Å². The number of thiophene rings is 1. The van der Waals surface area contributed by atoms with Crippen molar-refractivity contribution in [2.45, 2.75) is 13.0 Å². The number of fused-ring (bicyclic) bond motifs is 2. The summed E-state index contributed by atoms with van der Waals surface area (Å²) in [7, 11) is 4.09.